The number of carbonyl (C=O) groups is 1. The summed E-state index contributed by atoms with van der Waals surface area (Å²) in [5, 5.41) is 10.6. The smallest absolute Gasteiger partial charge is 0.333 e. The second-order valence-corrected chi connectivity index (χ2v) is 9.52. The van der Waals surface area contributed by atoms with E-state index in [0.29, 0.717) is 0 Å². The van der Waals surface area contributed by atoms with E-state index in [-0.39, 0.29) is 42.9 Å². The third-order valence-electron chi connectivity index (χ3n) is 7.56. The van der Waals surface area contributed by atoms with Crippen LogP contribution in [-0.2, 0) is 17.8 Å². The molecular weight excluding hydrogens is 372 g/mol. The van der Waals surface area contributed by atoms with Crippen molar-refractivity contribution in [1.82, 2.24) is 9.13 Å². The number of methoxy groups -OCH3 is 1. The topological polar surface area (TPSA) is 90.5 Å². The van der Waals surface area contributed by atoms with E-state index >= 15 is 0 Å². The Morgan fingerprint density at radius 2 is 1.69 bits per heavy atom. The zero-order valence-electron chi connectivity index (χ0n) is 17.5. The van der Waals surface area contributed by atoms with Crippen molar-refractivity contribution in [3.05, 3.63) is 26.4 Å². The lowest BCUT2D eigenvalue weighted by Crippen LogP contribution is -2.46. The fourth-order valence-electron chi connectivity index (χ4n) is 6.70. The second-order valence-electron chi connectivity index (χ2n) is 9.52. The number of aromatic nitrogens is 2. The van der Waals surface area contributed by atoms with E-state index in [2.05, 4.69) is 0 Å². The van der Waals surface area contributed by atoms with Crippen LogP contribution in [0.15, 0.2) is 9.59 Å². The van der Waals surface area contributed by atoms with Crippen molar-refractivity contribution in [2.75, 3.05) is 13.7 Å². The van der Waals surface area contributed by atoms with Crippen LogP contribution in [0, 0.1) is 23.2 Å². The maximum atomic E-state index is 13.1. The van der Waals surface area contributed by atoms with Gasteiger partial charge in [-0.05, 0) is 75.0 Å². The van der Waals surface area contributed by atoms with E-state index in [1.54, 1.807) is 6.92 Å². The quantitative estimate of drug-likeness (QED) is 0.673. The molecule has 0 radical (unpaired) electrons. The summed E-state index contributed by atoms with van der Waals surface area (Å²) in [6.07, 6.45) is 8.66. The molecule has 4 fully saturated rings. The molecule has 1 aromatic rings. The summed E-state index contributed by atoms with van der Waals surface area (Å²) in [7, 11) is 1.50. The van der Waals surface area contributed by atoms with Crippen molar-refractivity contribution in [3.8, 4) is 5.88 Å². The summed E-state index contributed by atoms with van der Waals surface area (Å²) in [6, 6.07) is 0. The van der Waals surface area contributed by atoms with Gasteiger partial charge in [0.25, 0.3) is 5.56 Å². The number of aromatic hydroxyl groups is 1. The highest BCUT2D eigenvalue weighted by molar-refractivity contribution is 5.97. The Kier molecular flexibility index (Phi) is 5.44. The zero-order chi connectivity index (χ0) is 20.8. The van der Waals surface area contributed by atoms with Crippen LogP contribution in [0.1, 0.15) is 68.6 Å². The fourth-order valence-corrected chi connectivity index (χ4v) is 6.70. The van der Waals surface area contributed by atoms with Crippen LogP contribution in [0.25, 0.3) is 0 Å². The first-order valence-corrected chi connectivity index (χ1v) is 11.0. The van der Waals surface area contributed by atoms with Crippen molar-refractivity contribution >= 4 is 5.78 Å². The number of rotatable bonds is 8. The van der Waals surface area contributed by atoms with Crippen molar-refractivity contribution < 1.29 is 14.6 Å². The molecule has 4 aliphatic rings. The Hall–Kier alpha value is -1.89. The van der Waals surface area contributed by atoms with E-state index in [1.165, 1.54) is 45.6 Å². The molecule has 0 spiro atoms. The molecular formula is C22H32N2O5. The number of carbonyl (C=O) groups excluding carboxylic acids is 1. The van der Waals surface area contributed by atoms with Gasteiger partial charge in [-0.15, -0.1) is 0 Å². The van der Waals surface area contributed by atoms with Crippen LogP contribution in [0.2, 0.25) is 0 Å². The number of Topliss-reactive ketones (excluding diaryl/α,β-unsaturated/α-hetero) is 1. The molecule has 1 heterocycles. The monoisotopic (exact) mass is 404 g/mol. The molecule has 0 unspecified atom stereocenters. The van der Waals surface area contributed by atoms with Crippen molar-refractivity contribution in [2.24, 2.45) is 23.2 Å². The summed E-state index contributed by atoms with van der Waals surface area (Å²) in [6.45, 7) is 2.14. The Morgan fingerprint density at radius 3 is 2.21 bits per heavy atom. The summed E-state index contributed by atoms with van der Waals surface area (Å²) in [5.41, 5.74) is -1.30. The van der Waals surface area contributed by atoms with Gasteiger partial charge in [0.05, 0.1) is 13.2 Å². The number of hydrogen-bond acceptors (Lipinski definition) is 5. The van der Waals surface area contributed by atoms with Gasteiger partial charge in [0.15, 0.2) is 5.78 Å². The van der Waals surface area contributed by atoms with Gasteiger partial charge in [-0.1, -0.05) is 0 Å². The molecule has 7 nitrogen and oxygen atoms in total. The lowest BCUT2D eigenvalue weighted by molar-refractivity contribution is -0.0570. The molecule has 0 saturated heterocycles. The molecule has 0 aliphatic heterocycles. The second kappa shape index (κ2) is 7.74. The minimum atomic E-state index is -0.681. The lowest BCUT2D eigenvalue weighted by Gasteiger charge is -2.57. The maximum absolute atomic E-state index is 13.1. The summed E-state index contributed by atoms with van der Waals surface area (Å²) < 4.78 is 7.10. The average molecular weight is 405 g/mol. The van der Waals surface area contributed by atoms with Crippen LogP contribution < -0.4 is 11.2 Å². The summed E-state index contributed by atoms with van der Waals surface area (Å²) in [4.78, 5) is 38.3. The third kappa shape index (κ3) is 3.58. The SMILES string of the molecule is CCn1c(=O)c(C(=O)CCC23CC4CC(CC(C4)C2)C3)c(O)n(CCOC)c1=O. The number of ether oxygens (including phenoxy) is 1. The van der Waals surface area contributed by atoms with Crippen LogP contribution in [-0.4, -0.2) is 33.7 Å². The van der Waals surface area contributed by atoms with Crippen LogP contribution in [0.4, 0.5) is 0 Å². The van der Waals surface area contributed by atoms with Gasteiger partial charge < -0.3 is 9.84 Å². The largest absolute Gasteiger partial charge is 0.494 e. The Balaban J connectivity index is 1.58. The molecule has 1 N–H and O–H groups in total. The predicted molar refractivity (Wildman–Crippen MR) is 108 cm³/mol. The van der Waals surface area contributed by atoms with E-state index in [4.69, 9.17) is 4.74 Å². The fraction of sp³-hybridized carbons (Fsp3) is 0.773. The van der Waals surface area contributed by atoms with Gasteiger partial charge in [0.1, 0.15) is 5.56 Å². The Morgan fingerprint density at radius 1 is 1.10 bits per heavy atom. The van der Waals surface area contributed by atoms with E-state index in [1.807, 2.05) is 0 Å². The average Bonchev–Trinajstić information content (AvgIpc) is 2.66. The molecule has 0 atom stereocenters. The molecule has 1 aromatic heterocycles. The Bertz CT molecular complexity index is 878. The van der Waals surface area contributed by atoms with Gasteiger partial charge in [-0.2, -0.15) is 0 Å². The molecule has 7 heteroatoms. The highest BCUT2D eigenvalue weighted by Crippen LogP contribution is 2.61. The highest BCUT2D eigenvalue weighted by atomic mass is 16.5. The van der Waals surface area contributed by atoms with Gasteiger partial charge in [0, 0.05) is 20.1 Å². The number of ketones is 1. The van der Waals surface area contributed by atoms with E-state index < -0.39 is 17.1 Å². The van der Waals surface area contributed by atoms with Crippen LogP contribution in [0.5, 0.6) is 5.88 Å². The van der Waals surface area contributed by atoms with Crippen molar-refractivity contribution in [2.45, 2.75) is 71.4 Å². The first kappa shape index (κ1) is 20.4. The van der Waals surface area contributed by atoms with Gasteiger partial charge in [0.2, 0.25) is 5.88 Å². The third-order valence-corrected chi connectivity index (χ3v) is 7.56. The minimum absolute atomic E-state index is 0.0940. The molecule has 4 bridgehead atoms. The Labute approximate surface area is 170 Å². The van der Waals surface area contributed by atoms with E-state index in [0.717, 1.165) is 33.3 Å². The molecule has 0 aromatic carbocycles. The standard InChI is InChI=1S/C22H32N2O5/c1-3-23-19(26)18(20(27)24(21(23)28)6-7-29-2)17(25)4-5-22-11-14-8-15(12-22)10-16(9-14)13-22/h14-16,27H,3-13H2,1-2H3. The summed E-state index contributed by atoms with van der Waals surface area (Å²) in [5.74, 6) is 1.54. The number of hydrogen-bond donors (Lipinski definition) is 1. The van der Waals surface area contributed by atoms with E-state index in [9.17, 15) is 19.5 Å². The van der Waals surface area contributed by atoms with Crippen LogP contribution >= 0.6 is 0 Å². The highest BCUT2D eigenvalue weighted by Gasteiger charge is 2.50. The number of nitrogens with zero attached hydrogens (tertiary/aromatic N) is 2. The first-order chi connectivity index (χ1) is 13.9. The van der Waals surface area contributed by atoms with Crippen LogP contribution in [0.3, 0.4) is 0 Å². The first-order valence-electron chi connectivity index (χ1n) is 11.0. The molecule has 4 aliphatic carbocycles. The van der Waals surface area contributed by atoms with Gasteiger partial charge in [-0.25, -0.2) is 4.79 Å². The molecule has 5 rings (SSSR count). The summed E-state index contributed by atoms with van der Waals surface area (Å²) >= 11 is 0. The lowest BCUT2D eigenvalue weighted by atomic mass is 9.48. The normalized spacial score (nSPS) is 30.1. The van der Waals surface area contributed by atoms with Crippen molar-refractivity contribution in [1.29, 1.82) is 0 Å². The molecule has 4 saturated carbocycles. The van der Waals surface area contributed by atoms with Crippen molar-refractivity contribution in [3.63, 3.8) is 0 Å². The maximum Gasteiger partial charge on any atom is 0.333 e. The predicted octanol–water partition coefficient (Wildman–Crippen LogP) is 2.56. The molecule has 0 amide bonds. The molecule has 160 valence electrons. The minimum Gasteiger partial charge on any atom is -0.494 e. The molecule has 29 heavy (non-hydrogen) atoms. The zero-order valence-corrected chi connectivity index (χ0v) is 17.5. The van der Waals surface area contributed by atoms with Gasteiger partial charge in [-0.3, -0.25) is 18.7 Å². The van der Waals surface area contributed by atoms with Gasteiger partial charge >= 0.3 is 5.69 Å².